The SMILES string of the molecule is O=C(NCCCOCc1ccco1)c1ccccc1OCc1ccc(Cl)cc1. The van der Waals surface area contributed by atoms with Gasteiger partial charge in [0.25, 0.3) is 5.91 Å². The van der Waals surface area contributed by atoms with Crippen molar-refractivity contribution in [2.45, 2.75) is 19.6 Å². The molecule has 1 heterocycles. The van der Waals surface area contributed by atoms with Crippen LogP contribution in [0.3, 0.4) is 0 Å². The van der Waals surface area contributed by atoms with Gasteiger partial charge in [0.1, 0.15) is 24.7 Å². The van der Waals surface area contributed by atoms with Gasteiger partial charge in [-0.25, -0.2) is 0 Å². The van der Waals surface area contributed by atoms with Gasteiger partial charge in [-0.1, -0.05) is 35.9 Å². The Bertz CT molecular complexity index is 863. The van der Waals surface area contributed by atoms with Crippen molar-refractivity contribution in [1.82, 2.24) is 5.32 Å². The van der Waals surface area contributed by atoms with Crippen LogP contribution in [-0.4, -0.2) is 19.1 Å². The summed E-state index contributed by atoms with van der Waals surface area (Å²) in [5.74, 6) is 1.16. The number of carbonyl (C=O) groups is 1. The number of carbonyl (C=O) groups excluding carboxylic acids is 1. The van der Waals surface area contributed by atoms with E-state index in [9.17, 15) is 4.79 Å². The average Bonchev–Trinajstić information content (AvgIpc) is 3.24. The summed E-state index contributed by atoms with van der Waals surface area (Å²) in [6.07, 6.45) is 2.33. The Labute approximate surface area is 169 Å². The highest BCUT2D eigenvalue weighted by Gasteiger charge is 2.11. The number of rotatable bonds is 10. The summed E-state index contributed by atoms with van der Waals surface area (Å²) in [5.41, 5.74) is 1.49. The molecular weight excluding hydrogens is 378 g/mol. The molecule has 3 rings (SSSR count). The lowest BCUT2D eigenvalue weighted by molar-refractivity contribution is 0.0913. The number of nitrogens with one attached hydrogen (secondary N) is 1. The van der Waals surface area contributed by atoms with E-state index in [-0.39, 0.29) is 5.91 Å². The molecule has 1 amide bonds. The number of hydrogen-bond donors (Lipinski definition) is 1. The van der Waals surface area contributed by atoms with E-state index in [2.05, 4.69) is 5.32 Å². The smallest absolute Gasteiger partial charge is 0.255 e. The van der Waals surface area contributed by atoms with Crippen molar-refractivity contribution in [2.75, 3.05) is 13.2 Å². The highest BCUT2D eigenvalue weighted by molar-refractivity contribution is 6.30. The lowest BCUT2D eigenvalue weighted by atomic mass is 10.2. The van der Waals surface area contributed by atoms with E-state index in [1.807, 2.05) is 48.5 Å². The van der Waals surface area contributed by atoms with Crippen LogP contribution in [0.1, 0.15) is 28.1 Å². The third-order valence-electron chi connectivity index (χ3n) is 4.01. The Morgan fingerprint density at radius 2 is 1.82 bits per heavy atom. The van der Waals surface area contributed by atoms with Crippen LogP contribution in [0, 0.1) is 0 Å². The van der Waals surface area contributed by atoms with E-state index in [4.69, 9.17) is 25.5 Å². The van der Waals surface area contributed by atoms with E-state index in [1.165, 1.54) is 0 Å². The summed E-state index contributed by atoms with van der Waals surface area (Å²) < 4.78 is 16.5. The first kappa shape index (κ1) is 20.0. The second-order valence-corrected chi connectivity index (χ2v) is 6.59. The van der Waals surface area contributed by atoms with Crippen LogP contribution in [0.15, 0.2) is 71.3 Å². The maximum absolute atomic E-state index is 12.5. The third kappa shape index (κ3) is 6.15. The highest BCUT2D eigenvalue weighted by atomic mass is 35.5. The summed E-state index contributed by atoms with van der Waals surface area (Å²) in [6, 6.07) is 18.3. The van der Waals surface area contributed by atoms with Gasteiger partial charge in [-0.2, -0.15) is 0 Å². The molecule has 0 aliphatic carbocycles. The van der Waals surface area contributed by atoms with Crippen molar-refractivity contribution < 1.29 is 18.7 Å². The molecule has 2 aromatic carbocycles. The second-order valence-electron chi connectivity index (χ2n) is 6.15. The number of hydrogen-bond acceptors (Lipinski definition) is 4. The fourth-order valence-corrected chi connectivity index (χ4v) is 2.69. The molecule has 146 valence electrons. The predicted molar refractivity (Wildman–Crippen MR) is 108 cm³/mol. The molecule has 1 N–H and O–H groups in total. The molecule has 5 nitrogen and oxygen atoms in total. The third-order valence-corrected chi connectivity index (χ3v) is 4.27. The molecule has 0 spiro atoms. The average molecular weight is 400 g/mol. The van der Waals surface area contributed by atoms with Crippen molar-refractivity contribution in [1.29, 1.82) is 0 Å². The summed E-state index contributed by atoms with van der Waals surface area (Å²) in [5, 5.41) is 3.58. The standard InChI is InChI=1S/C22H22ClNO4/c23-18-10-8-17(9-11-18)15-28-21-7-2-1-6-20(21)22(25)24-12-4-13-26-16-19-5-3-14-27-19/h1-3,5-11,14H,4,12-13,15-16H2,(H,24,25). The quantitative estimate of drug-likeness (QED) is 0.495. The van der Waals surface area contributed by atoms with E-state index in [0.717, 1.165) is 11.3 Å². The normalized spacial score (nSPS) is 10.6. The van der Waals surface area contributed by atoms with Gasteiger partial charge in [-0.15, -0.1) is 0 Å². The molecule has 0 fully saturated rings. The van der Waals surface area contributed by atoms with Crippen molar-refractivity contribution in [3.8, 4) is 5.75 Å². The first-order valence-corrected chi connectivity index (χ1v) is 9.45. The van der Waals surface area contributed by atoms with Crippen molar-refractivity contribution in [2.24, 2.45) is 0 Å². The molecule has 0 saturated heterocycles. The number of halogens is 1. The van der Waals surface area contributed by atoms with Gasteiger partial charge in [-0.05, 0) is 48.4 Å². The maximum Gasteiger partial charge on any atom is 0.255 e. The number of ether oxygens (including phenoxy) is 2. The Balaban J connectivity index is 1.43. The van der Waals surface area contributed by atoms with Gasteiger partial charge < -0.3 is 19.2 Å². The summed E-state index contributed by atoms with van der Waals surface area (Å²) in [4.78, 5) is 12.5. The minimum absolute atomic E-state index is 0.169. The van der Waals surface area contributed by atoms with Crippen LogP contribution in [0.4, 0.5) is 0 Å². The van der Waals surface area contributed by atoms with Crippen LogP contribution >= 0.6 is 11.6 Å². The molecule has 0 radical (unpaired) electrons. The molecule has 0 aliphatic rings. The molecule has 3 aromatic rings. The summed E-state index contributed by atoms with van der Waals surface area (Å²) >= 11 is 5.89. The van der Waals surface area contributed by atoms with Crippen LogP contribution < -0.4 is 10.1 Å². The topological polar surface area (TPSA) is 60.7 Å². The molecule has 0 bridgehead atoms. The predicted octanol–water partition coefficient (Wildman–Crippen LogP) is 4.85. The zero-order chi connectivity index (χ0) is 19.6. The van der Waals surface area contributed by atoms with Gasteiger partial charge in [0.05, 0.1) is 11.8 Å². The van der Waals surface area contributed by atoms with Crippen molar-refractivity contribution in [3.63, 3.8) is 0 Å². The molecule has 6 heteroatoms. The number of benzene rings is 2. The van der Waals surface area contributed by atoms with E-state index in [1.54, 1.807) is 18.4 Å². The monoisotopic (exact) mass is 399 g/mol. The first-order chi connectivity index (χ1) is 13.7. The van der Waals surface area contributed by atoms with Crippen LogP contribution in [0.25, 0.3) is 0 Å². The minimum Gasteiger partial charge on any atom is -0.488 e. The van der Waals surface area contributed by atoms with Gasteiger partial charge >= 0.3 is 0 Å². The van der Waals surface area contributed by atoms with Gasteiger partial charge in [0, 0.05) is 18.2 Å². The van der Waals surface area contributed by atoms with Crippen LogP contribution in [0.2, 0.25) is 5.02 Å². The minimum atomic E-state index is -0.169. The van der Waals surface area contributed by atoms with Crippen LogP contribution in [0.5, 0.6) is 5.75 Å². The fourth-order valence-electron chi connectivity index (χ4n) is 2.56. The Kier molecular flexibility index (Phi) is 7.53. The van der Waals surface area contributed by atoms with E-state index < -0.39 is 0 Å². The molecule has 1 aromatic heterocycles. The lowest BCUT2D eigenvalue weighted by Crippen LogP contribution is -2.25. The van der Waals surface area contributed by atoms with Gasteiger partial charge in [0.15, 0.2) is 0 Å². The highest BCUT2D eigenvalue weighted by Crippen LogP contribution is 2.20. The lowest BCUT2D eigenvalue weighted by Gasteiger charge is -2.12. The summed E-state index contributed by atoms with van der Waals surface area (Å²) in [6.45, 7) is 1.85. The molecule has 28 heavy (non-hydrogen) atoms. The van der Waals surface area contributed by atoms with Crippen molar-refractivity contribution >= 4 is 17.5 Å². The zero-order valence-corrected chi connectivity index (χ0v) is 16.2. The van der Waals surface area contributed by atoms with E-state index >= 15 is 0 Å². The second kappa shape index (κ2) is 10.5. The van der Waals surface area contributed by atoms with Gasteiger partial charge in [0.2, 0.25) is 0 Å². The summed E-state index contributed by atoms with van der Waals surface area (Å²) in [7, 11) is 0. The first-order valence-electron chi connectivity index (χ1n) is 9.07. The fraction of sp³-hybridized carbons (Fsp3) is 0.227. The Morgan fingerprint density at radius 1 is 1.00 bits per heavy atom. The Morgan fingerprint density at radius 3 is 2.61 bits per heavy atom. The van der Waals surface area contributed by atoms with E-state index in [0.29, 0.717) is 49.1 Å². The maximum atomic E-state index is 12.5. The number of furan rings is 1. The number of amides is 1. The molecule has 0 unspecified atom stereocenters. The molecular formula is C22H22ClNO4. The van der Waals surface area contributed by atoms with Gasteiger partial charge in [-0.3, -0.25) is 4.79 Å². The molecule has 0 atom stereocenters. The Hall–Kier alpha value is -2.76. The number of para-hydroxylation sites is 1. The largest absolute Gasteiger partial charge is 0.488 e. The molecule has 0 aliphatic heterocycles. The molecule has 0 saturated carbocycles. The zero-order valence-electron chi connectivity index (χ0n) is 15.4. The van der Waals surface area contributed by atoms with Crippen molar-refractivity contribution in [3.05, 3.63) is 88.8 Å². The van der Waals surface area contributed by atoms with Crippen LogP contribution in [-0.2, 0) is 18.0 Å².